The second kappa shape index (κ2) is 5.50. The maximum atomic E-state index is 12.3. The molecule has 0 fully saturated rings. The summed E-state index contributed by atoms with van der Waals surface area (Å²) in [4.78, 5) is 14.1. The van der Waals surface area contributed by atoms with Crippen LogP contribution in [0.5, 0.6) is 0 Å². The van der Waals surface area contributed by atoms with Crippen molar-refractivity contribution in [1.82, 2.24) is 19.7 Å². The zero-order valence-electron chi connectivity index (χ0n) is 11.5. The molecule has 5 heteroatoms. The van der Waals surface area contributed by atoms with E-state index >= 15 is 0 Å². The van der Waals surface area contributed by atoms with Crippen LogP contribution in [-0.2, 0) is 17.8 Å². The van der Waals surface area contributed by atoms with Crippen molar-refractivity contribution in [3.05, 3.63) is 11.6 Å². The van der Waals surface area contributed by atoms with Crippen molar-refractivity contribution in [3.8, 4) is 0 Å². The maximum absolute atomic E-state index is 12.3. The highest BCUT2D eigenvalue weighted by Crippen LogP contribution is 2.23. The Morgan fingerprint density at radius 3 is 2.72 bits per heavy atom. The van der Waals surface area contributed by atoms with Gasteiger partial charge in [-0.1, -0.05) is 20.3 Å². The van der Waals surface area contributed by atoms with Gasteiger partial charge in [-0.25, -0.2) is 0 Å². The highest BCUT2D eigenvalue weighted by molar-refractivity contribution is 5.81. The molecule has 0 bridgehead atoms. The van der Waals surface area contributed by atoms with Gasteiger partial charge in [0, 0.05) is 13.0 Å². The van der Waals surface area contributed by atoms with E-state index in [4.69, 9.17) is 0 Å². The quantitative estimate of drug-likeness (QED) is 0.802. The standard InChI is InChI=1S/C13H22N4O/c1-4-6-7-11-14-15-12-9-16(8-5-2)13(18)10(3)17(11)12/h10H,4-9H2,1-3H3/t10-/m1/s1. The number of hydrogen-bond donors (Lipinski definition) is 0. The second-order valence-electron chi connectivity index (χ2n) is 4.94. The van der Waals surface area contributed by atoms with E-state index in [0.29, 0.717) is 6.54 Å². The van der Waals surface area contributed by atoms with E-state index in [9.17, 15) is 4.79 Å². The van der Waals surface area contributed by atoms with E-state index in [1.165, 1.54) is 0 Å². The normalized spacial score (nSPS) is 19.2. The van der Waals surface area contributed by atoms with Crippen LogP contribution in [0.3, 0.4) is 0 Å². The lowest BCUT2D eigenvalue weighted by Gasteiger charge is -2.31. The first-order valence-corrected chi connectivity index (χ1v) is 6.90. The minimum Gasteiger partial charge on any atom is -0.333 e. The molecule has 2 heterocycles. The van der Waals surface area contributed by atoms with Crippen LogP contribution in [0.25, 0.3) is 0 Å². The number of carbonyl (C=O) groups is 1. The first kappa shape index (κ1) is 13.1. The van der Waals surface area contributed by atoms with Gasteiger partial charge in [0.2, 0.25) is 5.91 Å². The molecule has 0 saturated carbocycles. The fraction of sp³-hybridized carbons (Fsp3) is 0.769. The largest absolute Gasteiger partial charge is 0.333 e. The molecule has 1 aromatic rings. The zero-order chi connectivity index (χ0) is 13.1. The predicted molar refractivity (Wildman–Crippen MR) is 69.1 cm³/mol. The second-order valence-corrected chi connectivity index (χ2v) is 4.94. The number of unbranched alkanes of at least 4 members (excludes halogenated alkanes) is 1. The van der Waals surface area contributed by atoms with E-state index in [2.05, 4.69) is 24.0 Å². The molecule has 0 unspecified atom stereocenters. The Bertz CT molecular complexity index is 427. The Balaban J connectivity index is 2.23. The highest BCUT2D eigenvalue weighted by atomic mass is 16.2. The molecule has 5 nitrogen and oxygen atoms in total. The van der Waals surface area contributed by atoms with Gasteiger partial charge < -0.3 is 9.47 Å². The van der Waals surface area contributed by atoms with Crippen LogP contribution >= 0.6 is 0 Å². The van der Waals surface area contributed by atoms with E-state index < -0.39 is 0 Å². The van der Waals surface area contributed by atoms with Gasteiger partial charge in [-0.2, -0.15) is 0 Å². The van der Waals surface area contributed by atoms with Gasteiger partial charge in [0.1, 0.15) is 11.9 Å². The summed E-state index contributed by atoms with van der Waals surface area (Å²) in [6, 6.07) is -0.151. The molecule has 18 heavy (non-hydrogen) atoms. The topological polar surface area (TPSA) is 51.0 Å². The van der Waals surface area contributed by atoms with E-state index in [0.717, 1.165) is 43.9 Å². The van der Waals surface area contributed by atoms with Crippen molar-refractivity contribution in [3.63, 3.8) is 0 Å². The van der Waals surface area contributed by atoms with Crippen molar-refractivity contribution in [2.24, 2.45) is 0 Å². The van der Waals surface area contributed by atoms with Crippen molar-refractivity contribution >= 4 is 5.91 Å². The van der Waals surface area contributed by atoms with Gasteiger partial charge in [0.25, 0.3) is 0 Å². The van der Waals surface area contributed by atoms with Crippen LogP contribution in [0.4, 0.5) is 0 Å². The van der Waals surface area contributed by atoms with Crippen LogP contribution in [0.2, 0.25) is 0 Å². The third kappa shape index (κ3) is 2.26. The first-order chi connectivity index (χ1) is 8.69. The van der Waals surface area contributed by atoms with Gasteiger partial charge in [-0.05, 0) is 19.8 Å². The number of hydrogen-bond acceptors (Lipinski definition) is 3. The average molecular weight is 250 g/mol. The van der Waals surface area contributed by atoms with Crippen molar-refractivity contribution in [2.75, 3.05) is 6.54 Å². The minimum absolute atomic E-state index is 0.151. The van der Waals surface area contributed by atoms with Gasteiger partial charge in [0.05, 0.1) is 6.54 Å². The summed E-state index contributed by atoms with van der Waals surface area (Å²) < 4.78 is 2.03. The van der Waals surface area contributed by atoms with Crippen LogP contribution in [0.1, 0.15) is 57.7 Å². The Morgan fingerprint density at radius 1 is 1.28 bits per heavy atom. The average Bonchev–Trinajstić information content (AvgIpc) is 2.76. The van der Waals surface area contributed by atoms with Gasteiger partial charge in [-0.15, -0.1) is 10.2 Å². The van der Waals surface area contributed by atoms with Crippen LogP contribution in [0.15, 0.2) is 0 Å². The molecule has 1 atom stereocenters. The Labute approximate surface area is 108 Å². The van der Waals surface area contributed by atoms with E-state index in [1.54, 1.807) is 0 Å². The fourth-order valence-electron chi connectivity index (χ4n) is 2.50. The van der Waals surface area contributed by atoms with Crippen LogP contribution in [-0.4, -0.2) is 32.1 Å². The molecule has 0 radical (unpaired) electrons. The third-order valence-electron chi connectivity index (χ3n) is 3.47. The Hall–Kier alpha value is -1.39. The molecule has 0 aromatic carbocycles. The molecule has 100 valence electrons. The number of aromatic nitrogens is 3. The lowest BCUT2D eigenvalue weighted by molar-refractivity contribution is -0.137. The lowest BCUT2D eigenvalue weighted by atomic mass is 10.1. The summed E-state index contributed by atoms with van der Waals surface area (Å²) in [6.45, 7) is 7.61. The molecular formula is C13H22N4O. The van der Waals surface area contributed by atoms with Gasteiger partial charge >= 0.3 is 0 Å². The summed E-state index contributed by atoms with van der Waals surface area (Å²) in [6.07, 6.45) is 4.12. The summed E-state index contributed by atoms with van der Waals surface area (Å²) >= 11 is 0. The SMILES string of the molecule is CCCCc1nnc2n1[C@H](C)C(=O)N(CCC)C2. The van der Waals surface area contributed by atoms with Crippen molar-refractivity contribution < 1.29 is 4.79 Å². The number of carbonyl (C=O) groups excluding carboxylic acids is 1. The van der Waals surface area contributed by atoms with Gasteiger partial charge in [-0.3, -0.25) is 4.79 Å². The molecule has 1 aromatic heterocycles. The molecule has 0 saturated heterocycles. The number of nitrogens with zero attached hydrogens (tertiary/aromatic N) is 4. The third-order valence-corrected chi connectivity index (χ3v) is 3.47. The molecule has 1 aliphatic rings. The van der Waals surface area contributed by atoms with E-state index in [-0.39, 0.29) is 11.9 Å². The number of aryl methyl sites for hydroxylation is 1. The first-order valence-electron chi connectivity index (χ1n) is 6.90. The summed E-state index contributed by atoms with van der Waals surface area (Å²) in [5.41, 5.74) is 0. The monoisotopic (exact) mass is 250 g/mol. The molecule has 0 N–H and O–H groups in total. The minimum atomic E-state index is -0.151. The highest BCUT2D eigenvalue weighted by Gasteiger charge is 2.32. The summed E-state index contributed by atoms with van der Waals surface area (Å²) in [7, 11) is 0. The number of fused-ring (bicyclic) bond motifs is 1. The summed E-state index contributed by atoms with van der Waals surface area (Å²) in [5.74, 6) is 2.09. The molecular weight excluding hydrogens is 228 g/mol. The fourth-order valence-corrected chi connectivity index (χ4v) is 2.50. The maximum Gasteiger partial charge on any atom is 0.245 e. The number of rotatable bonds is 5. The Morgan fingerprint density at radius 2 is 2.06 bits per heavy atom. The lowest BCUT2D eigenvalue weighted by Crippen LogP contribution is -2.42. The molecule has 1 amide bonds. The van der Waals surface area contributed by atoms with Crippen molar-refractivity contribution in [2.45, 2.75) is 59.0 Å². The van der Waals surface area contributed by atoms with Crippen LogP contribution < -0.4 is 0 Å². The molecule has 0 aliphatic carbocycles. The molecule has 2 rings (SSSR count). The predicted octanol–water partition coefficient (Wildman–Crippen LogP) is 1.93. The van der Waals surface area contributed by atoms with Crippen molar-refractivity contribution in [1.29, 1.82) is 0 Å². The van der Waals surface area contributed by atoms with Crippen LogP contribution in [0, 0.1) is 0 Å². The van der Waals surface area contributed by atoms with Gasteiger partial charge in [0.15, 0.2) is 5.82 Å². The smallest absolute Gasteiger partial charge is 0.245 e. The Kier molecular flexibility index (Phi) is 3.99. The van der Waals surface area contributed by atoms with E-state index in [1.807, 2.05) is 16.4 Å². The molecule has 1 aliphatic heterocycles. The zero-order valence-corrected chi connectivity index (χ0v) is 11.5. The summed E-state index contributed by atoms with van der Waals surface area (Å²) in [5, 5.41) is 8.49. The molecule has 0 spiro atoms. The number of amides is 1.